The number of β-amino-alcohol motifs (C(OH)–C–C–N with tert-alkyl or cyclic N) is 1. The molecule has 1 saturated heterocycles. The van der Waals surface area contributed by atoms with Gasteiger partial charge in [0.05, 0.1) is 22.9 Å². The Bertz CT molecular complexity index is 1010. The lowest BCUT2D eigenvalue weighted by atomic mass is 10.00. The van der Waals surface area contributed by atoms with Crippen LogP contribution in [0.1, 0.15) is 21.7 Å². The molecular weight excluding hydrogens is 354 g/mol. The van der Waals surface area contributed by atoms with Gasteiger partial charge >= 0.3 is 0 Å². The van der Waals surface area contributed by atoms with Crippen molar-refractivity contribution in [2.24, 2.45) is 5.92 Å². The van der Waals surface area contributed by atoms with Gasteiger partial charge in [0.1, 0.15) is 5.82 Å². The molecule has 3 aromatic rings. The smallest absolute Gasteiger partial charge is 0.254 e. The second-order valence-corrected chi connectivity index (χ2v) is 7.72. The molecule has 0 bridgehead atoms. The Kier molecular flexibility index (Phi) is 4.77. The van der Waals surface area contributed by atoms with Crippen molar-refractivity contribution in [3.05, 3.63) is 53.3 Å². The van der Waals surface area contributed by atoms with Crippen molar-refractivity contribution in [2.75, 3.05) is 32.1 Å². The lowest BCUT2D eigenvalue weighted by molar-refractivity contribution is 0.0766. The number of benzene rings is 1. The molecule has 146 valence electrons. The monoisotopic (exact) mass is 379 g/mol. The van der Waals surface area contributed by atoms with E-state index in [4.69, 9.17) is 0 Å². The van der Waals surface area contributed by atoms with Crippen molar-refractivity contribution in [3.63, 3.8) is 0 Å². The summed E-state index contributed by atoms with van der Waals surface area (Å²) in [5.41, 5.74) is 3.33. The number of para-hydroxylation sites is 1. The molecule has 2 N–H and O–H groups in total. The van der Waals surface area contributed by atoms with Gasteiger partial charge in [-0.15, -0.1) is 0 Å². The molecule has 1 aliphatic heterocycles. The van der Waals surface area contributed by atoms with Crippen LogP contribution in [0.15, 0.2) is 36.4 Å². The molecule has 4 rings (SSSR count). The number of nitrogens with one attached hydrogen (secondary N) is 1. The van der Waals surface area contributed by atoms with Gasteiger partial charge in [-0.2, -0.15) is 5.10 Å². The number of aromatic amines is 1. The van der Waals surface area contributed by atoms with E-state index in [1.807, 2.05) is 62.3 Å². The SMILES string of the molecule is Cc1cc(C[C@@H]2CN(C(=O)c3cc(N(C)C)nc4ccccc34)C[C@H]2O)n[nH]1. The number of H-pyrrole nitrogens is 1. The maximum atomic E-state index is 13.3. The average Bonchev–Trinajstić information content (AvgIpc) is 3.26. The maximum absolute atomic E-state index is 13.3. The summed E-state index contributed by atoms with van der Waals surface area (Å²) in [7, 11) is 3.82. The van der Waals surface area contributed by atoms with Gasteiger partial charge in [0.25, 0.3) is 5.91 Å². The molecule has 2 atom stereocenters. The fraction of sp³-hybridized carbons (Fsp3) is 0.381. The third kappa shape index (κ3) is 3.45. The van der Waals surface area contributed by atoms with Crippen LogP contribution >= 0.6 is 0 Å². The summed E-state index contributed by atoms with van der Waals surface area (Å²) in [6.45, 7) is 2.80. The predicted octanol–water partition coefficient (Wildman–Crippen LogP) is 2.01. The molecule has 1 aliphatic rings. The van der Waals surface area contributed by atoms with Crippen LogP contribution in [0.4, 0.5) is 5.82 Å². The van der Waals surface area contributed by atoms with Crippen LogP contribution in [0.25, 0.3) is 10.9 Å². The first kappa shape index (κ1) is 18.4. The number of carbonyl (C=O) groups excluding carboxylic acids is 1. The number of aromatic nitrogens is 3. The average molecular weight is 379 g/mol. The van der Waals surface area contributed by atoms with Gasteiger partial charge in [0.2, 0.25) is 0 Å². The number of rotatable bonds is 4. The second kappa shape index (κ2) is 7.24. The first-order valence-corrected chi connectivity index (χ1v) is 9.47. The van der Waals surface area contributed by atoms with E-state index >= 15 is 0 Å². The Morgan fingerprint density at radius 3 is 2.79 bits per heavy atom. The topological polar surface area (TPSA) is 85.3 Å². The fourth-order valence-corrected chi connectivity index (χ4v) is 3.81. The van der Waals surface area contributed by atoms with Crippen LogP contribution in [0.2, 0.25) is 0 Å². The lowest BCUT2D eigenvalue weighted by Gasteiger charge is -2.19. The number of aryl methyl sites for hydroxylation is 1. The molecule has 0 aliphatic carbocycles. The van der Waals surface area contributed by atoms with Gasteiger partial charge in [-0.3, -0.25) is 9.89 Å². The quantitative estimate of drug-likeness (QED) is 0.724. The van der Waals surface area contributed by atoms with E-state index < -0.39 is 6.10 Å². The molecule has 0 unspecified atom stereocenters. The fourth-order valence-electron chi connectivity index (χ4n) is 3.81. The summed E-state index contributed by atoms with van der Waals surface area (Å²) in [4.78, 5) is 21.6. The molecule has 0 saturated carbocycles. The highest BCUT2D eigenvalue weighted by Gasteiger charge is 2.35. The number of nitrogens with zero attached hydrogens (tertiary/aromatic N) is 4. The molecule has 28 heavy (non-hydrogen) atoms. The van der Waals surface area contributed by atoms with Crippen molar-refractivity contribution < 1.29 is 9.90 Å². The number of hydrogen-bond acceptors (Lipinski definition) is 5. The Morgan fingerprint density at radius 2 is 2.07 bits per heavy atom. The number of aliphatic hydroxyl groups excluding tert-OH is 1. The summed E-state index contributed by atoms with van der Waals surface area (Å²) >= 11 is 0. The third-order valence-electron chi connectivity index (χ3n) is 5.32. The molecule has 7 heteroatoms. The third-order valence-corrected chi connectivity index (χ3v) is 5.32. The van der Waals surface area contributed by atoms with Crippen molar-refractivity contribution in [1.82, 2.24) is 20.1 Å². The van der Waals surface area contributed by atoms with Crippen LogP contribution in [0.3, 0.4) is 0 Å². The largest absolute Gasteiger partial charge is 0.391 e. The maximum Gasteiger partial charge on any atom is 0.254 e. The first-order chi connectivity index (χ1) is 13.4. The van der Waals surface area contributed by atoms with Crippen molar-refractivity contribution in [3.8, 4) is 0 Å². The van der Waals surface area contributed by atoms with Gasteiger partial charge in [0, 0.05) is 44.2 Å². The molecule has 1 amide bonds. The summed E-state index contributed by atoms with van der Waals surface area (Å²) in [5, 5.41) is 18.6. The van der Waals surface area contributed by atoms with Crippen LogP contribution in [0.5, 0.6) is 0 Å². The van der Waals surface area contributed by atoms with E-state index in [1.54, 1.807) is 4.90 Å². The van der Waals surface area contributed by atoms with Gasteiger partial charge < -0.3 is 14.9 Å². The van der Waals surface area contributed by atoms with Crippen molar-refractivity contribution in [2.45, 2.75) is 19.4 Å². The normalized spacial score (nSPS) is 19.4. The highest BCUT2D eigenvalue weighted by Crippen LogP contribution is 2.27. The second-order valence-electron chi connectivity index (χ2n) is 7.72. The molecule has 0 radical (unpaired) electrons. The summed E-state index contributed by atoms with van der Waals surface area (Å²) in [6, 6.07) is 11.5. The number of anilines is 1. The standard InChI is InChI=1S/C21H25N5O2/c1-13-8-15(24-23-13)9-14-11-26(12-19(14)27)21(28)17-10-20(25(2)3)22-18-7-5-4-6-16(17)18/h4-8,10,14,19,27H,9,11-12H2,1-3H3,(H,23,24)/t14-,19-/m1/s1. The van der Waals surface area contributed by atoms with Crippen LogP contribution in [-0.4, -0.2) is 64.4 Å². The molecule has 3 heterocycles. The molecular formula is C21H25N5O2. The lowest BCUT2D eigenvalue weighted by Crippen LogP contribution is -2.30. The first-order valence-electron chi connectivity index (χ1n) is 9.47. The number of hydrogen-bond donors (Lipinski definition) is 2. The minimum atomic E-state index is -0.553. The van der Waals surface area contributed by atoms with E-state index in [0.29, 0.717) is 25.1 Å². The summed E-state index contributed by atoms with van der Waals surface area (Å²) in [6.07, 6.45) is 0.0948. The zero-order valence-corrected chi connectivity index (χ0v) is 16.4. The number of pyridine rings is 1. The Balaban J connectivity index is 1.61. The number of carbonyl (C=O) groups is 1. The van der Waals surface area contributed by atoms with Crippen LogP contribution in [0, 0.1) is 12.8 Å². The molecule has 7 nitrogen and oxygen atoms in total. The van der Waals surface area contributed by atoms with Crippen molar-refractivity contribution in [1.29, 1.82) is 0 Å². The van der Waals surface area contributed by atoms with Gasteiger partial charge in [-0.05, 0) is 31.5 Å². The van der Waals surface area contributed by atoms with E-state index in [-0.39, 0.29) is 11.8 Å². The minimum absolute atomic E-state index is 0.0203. The van der Waals surface area contributed by atoms with E-state index in [2.05, 4.69) is 15.2 Å². The van der Waals surface area contributed by atoms with E-state index in [9.17, 15) is 9.90 Å². The molecule has 0 spiro atoms. The highest BCUT2D eigenvalue weighted by molar-refractivity contribution is 6.07. The molecule has 2 aromatic heterocycles. The highest BCUT2D eigenvalue weighted by atomic mass is 16.3. The van der Waals surface area contributed by atoms with Gasteiger partial charge in [-0.25, -0.2) is 4.98 Å². The summed E-state index contributed by atoms with van der Waals surface area (Å²) < 4.78 is 0. The van der Waals surface area contributed by atoms with Crippen LogP contribution < -0.4 is 4.90 Å². The number of aliphatic hydroxyl groups is 1. The van der Waals surface area contributed by atoms with E-state index in [0.717, 1.165) is 28.1 Å². The number of amides is 1. The molecule has 1 aromatic carbocycles. The van der Waals surface area contributed by atoms with Gasteiger partial charge in [-0.1, -0.05) is 18.2 Å². The molecule has 1 fully saturated rings. The summed E-state index contributed by atoms with van der Waals surface area (Å²) in [5.74, 6) is 0.653. The zero-order valence-electron chi connectivity index (χ0n) is 16.4. The van der Waals surface area contributed by atoms with E-state index in [1.165, 1.54) is 0 Å². The van der Waals surface area contributed by atoms with Gasteiger partial charge in [0.15, 0.2) is 0 Å². The zero-order chi connectivity index (χ0) is 19.8. The number of fused-ring (bicyclic) bond motifs is 1. The van der Waals surface area contributed by atoms with Crippen molar-refractivity contribution >= 4 is 22.6 Å². The van der Waals surface area contributed by atoms with Crippen LogP contribution in [-0.2, 0) is 6.42 Å². The Labute approximate surface area is 164 Å². The minimum Gasteiger partial charge on any atom is -0.391 e. The predicted molar refractivity (Wildman–Crippen MR) is 108 cm³/mol. The number of likely N-dealkylation sites (tertiary alicyclic amines) is 1. The Morgan fingerprint density at radius 1 is 1.29 bits per heavy atom. The Hall–Kier alpha value is -2.93.